The topological polar surface area (TPSA) is 64.6 Å². The van der Waals surface area contributed by atoms with Crippen molar-refractivity contribution < 1.29 is 19.1 Å². The highest BCUT2D eigenvalue weighted by Gasteiger charge is 2.63. The summed E-state index contributed by atoms with van der Waals surface area (Å²) in [4.78, 5) is 23.4. The van der Waals surface area contributed by atoms with E-state index in [0.29, 0.717) is 29.8 Å². The molecule has 5 heteroatoms. The molecule has 212 valence electrons. The molecule has 5 aliphatic rings. The van der Waals surface area contributed by atoms with E-state index in [0.717, 1.165) is 62.8 Å². The first-order valence-electron chi connectivity index (χ1n) is 15.6. The summed E-state index contributed by atoms with van der Waals surface area (Å²) in [6.07, 6.45) is 14.5. The van der Waals surface area contributed by atoms with Gasteiger partial charge in [0.2, 0.25) is 5.91 Å². The Hall–Kier alpha value is -1.78. The number of nitrogens with one attached hydrogen (secondary N) is 1. The number of ether oxygens (including phenoxy) is 2. The predicted octanol–water partition coefficient (Wildman–Crippen LogP) is 7.11. The summed E-state index contributed by atoms with van der Waals surface area (Å²) in [7, 11) is 0. The number of hydrogen-bond donors (Lipinski definition) is 1. The normalized spacial score (nSPS) is 40.2. The first kappa shape index (κ1) is 27.8. The van der Waals surface area contributed by atoms with Gasteiger partial charge in [0, 0.05) is 38.6 Å². The van der Waals surface area contributed by atoms with Crippen LogP contribution in [0.25, 0.3) is 0 Å². The molecule has 0 aromatic carbocycles. The van der Waals surface area contributed by atoms with Crippen LogP contribution in [0.15, 0.2) is 23.0 Å². The quantitative estimate of drug-likeness (QED) is 0.271. The average molecular weight is 526 g/mol. The molecule has 1 N–H and O–H groups in total. The largest absolute Gasteiger partial charge is 0.494 e. The number of hydrogen-bond acceptors (Lipinski definition) is 4. The summed E-state index contributed by atoms with van der Waals surface area (Å²) >= 11 is 0. The van der Waals surface area contributed by atoms with Crippen LogP contribution in [-0.2, 0) is 19.1 Å². The second kappa shape index (κ2) is 10.7. The summed E-state index contributed by atoms with van der Waals surface area (Å²) in [6.45, 7) is 14.0. The number of esters is 1. The van der Waals surface area contributed by atoms with Crippen LogP contribution >= 0.6 is 0 Å². The summed E-state index contributed by atoms with van der Waals surface area (Å²) in [5, 5.41) is 2.96. The molecule has 0 spiro atoms. The van der Waals surface area contributed by atoms with Crippen molar-refractivity contribution in [3.8, 4) is 0 Å². The van der Waals surface area contributed by atoms with Crippen molar-refractivity contribution in [2.24, 2.45) is 40.4 Å². The van der Waals surface area contributed by atoms with Gasteiger partial charge in [-0.05, 0) is 98.4 Å². The van der Waals surface area contributed by atoms with Crippen molar-refractivity contribution in [3.63, 3.8) is 0 Å². The SMILES string of the molecule is CCCC(=O)O[C@H]1CC[C@@]2(C)C(=CC[C@H]3[C@@H]4C[C@H]5OC(CC[C@H](C)CNC(C)=O)=C(C)[C@@H]5[C@@]4(C)CC[C@@H]32)C1. The van der Waals surface area contributed by atoms with E-state index in [2.05, 4.69) is 39.1 Å². The fourth-order valence-corrected chi connectivity index (χ4v) is 9.56. The van der Waals surface area contributed by atoms with Gasteiger partial charge in [-0.3, -0.25) is 9.59 Å². The Morgan fingerprint density at radius 3 is 2.74 bits per heavy atom. The van der Waals surface area contributed by atoms with Crippen molar-refractivity contribution in [3.05, 3.63) is 23.0 Å². The maximum absolute atomic E-state index is 12.1. The van der Waals surface area contributed by atoms with Gasteiger partial charge in [-0.1, -0.05) is 39.3 Å². The van der Waals surface area contributed by atoms with Crippen molar-refractivity contribution in [1.29, 1.82) is 0 Å². The molecule has 0 aromatic heterocycles. The number of fused-ring (bicyclic) bond motifs is 7. The molecule has 0 unspecified atom stereocenters. The van der Waals surface area contributed by atoms with E-state index < -0.39 is 0 Å². The minimum absolute atomic E-state index is 0.0219. The molecule has 0 radical (unpaired) electrons. The van der Waals surface area contributed by atoms with Crippen molar-refractivity contribution in [1.82, 2.24) is 5.32 Å². The van der Waals surface area contributed by atoms with Crippen LogP contribution in [0.2, 0.25) is 0 Å². The minimum Gasteiger partial charge on any atom is -0.494 e. The lowest BCUT2D eigenvalue weighted by Gasteiger charge is -2.58. The smallest absolute Gasteiger partial charge is 0.306 e. The molecule has 1 heterocycles. The molecule has 1 amide bonds. The molecule has 3 saturated carbocycles. The Bertz CT molecular complexity index is 999. The third-order valence-corrected chi connectivity index (χ3v) is 11.6. The van der Waals surface area contributed by atoms with Crippen LogP contribution in [0.4, 0.5) is 0 Å². The first-order chi connectivity index (χ1) is 18.1. The zero-order valence-corrected chi connectivity index (χ0v) is 24.7. The van der Waals surface area contributed by atoms with Gasteiger partial charge in [0.1, 0.15) is 12.2 Å². The van der Waals surface area contributed by atoms with E-state index in [-0.39, 0.29) is 23.4 Å². The van der Waals surface area contributed by atoms with Crippen molar-refractivity contribution in [2.45, 2.75) is 124 Å². The Balaban J connectivity index is 1.26. The molecule has 1 aliphatic heterocycles. The highest BCUT2D eigenvalue weighted by molar-refractivity contribution is 5.72. The summed E-state index contributed by atoms with van der Waals surface area (Å²) in [5.74, 6) is 4.49. The third-order valence-electron chi connectivity index (χ3n) is 11.6. The fraction of sp³-hybridized carbons (Fsp3) is 0.818. The van der Waals surface area contributed by atoms with E-state index in [1.54, 1.807) is 12.5 Å². The van der Waals surface area contributed by atoms with Gasteiger partial charge in [-0.25, -0.2) is 0 Å². The van der Waals surface area contributed by atoms with Crippen LogP contribution in [0.1, 0.15) is 112 Å². The number of rotatable bonds is 8. The number of carbonyl (C=O) groups is 2. The molecule has 5 nitrogen and oxygen atoms in total. The number of allylic oxidation sites excluding steroid dienone is 2. The highest BCUT2D eigenvalue weighted by atomic mass is 16.5. The first-order valence-corrected chi connectivity index (χ1v) is 15.6. The van der Waals surface area contributed by atoms with Crippen LogP contribution in [0, 0.1) is 40.4 Å². The second-order valence-electron chi connectivity index (χ2n) is 14.0. The molecule has 5 rings (SSSR count). The lowest BCUT2D eigenvalue weighted by Crippen LogP contribution is -2.50. The lowest BCUT2D eigenvalue weighted by atomic mass is 9.47. The lowest BCUT2D eigenvalue weighted by molar-refractivity contribution is -0.151. The molecule has 9 atom stereocenters. The molecular weight excluding hydrogens is 474 g/mol. The van der Waals surface area contributed by atoms with Gasteiger partial charge in [0.05, 0.1) is 5.76 Å². The number of carbonyl (C=O) groups excluding carboxylic acids is 2. The third kappa shape index (κ3) is 4.85. The van der Waals surface area contributed by atoms with E-state index in [1.165, 1.54) is 37.0 Å². The van der Waals surface area contributed by atoms with Crippen LogP contribution in [-0.4, -0.2) is 30.6 Å². The Labute approximate surface area is 230 Å². The Kier molecular flexibility index (Phi) is 7.79. The molecular formula is C33H51NO4. The van der Waals surface area contributed by atoms with Crippen LogP contribution < -0.4 is 5.32 Å². The van der Waals surface area contributed by atoms with Gasteiger partial charge >= 0.3 is 5.97 Å². The summed E-state index contributed by atoms with van der Waals surface area (Å²) in [6, 6.07) is 0. The van der Waals surface area contributed by atoms with E-state index in [9.17, 15) is 9.59 Å². The van der Waals surface area contributed by atoms with Crippen LogP contribution in [0.3, 0.4) is 0 Å². The van der Waals surface area contributed by atoms with E-state index in [4.69, 9.17) is 9.47 Å². The highest BCUT2D eigenvalue weighted by Crippen LogP contribution is 2.69. The predicted molar refractivity (Wildman–Crippen MR) is 150 cm³/mol. The molecule has 0 aromatic rings. The molecule has 38 heavy (non-hydrogen) atoms. The summed E-state index contributed by atoms with van der Waals surface area (Å²) in [5.41, 5.74) is 3.67. The maximum Gasteiger partial charge on any atom is 0.306 e. The maximum atomic E-state index is 12.1. The van der Waals surface area contributed by atoms with Gasteiger partial charge in [-0.2, -0.15) is 0 Å². The Morgan fingerprint density at radius 2 is 2.00 bits per heavy atom. The fourth-order valence-electron chi connectivity index (χ4n) is 9.56. The monoisotopic (exact) mass is 525 g/mol. The summed E-state index contributed by atoms with van der Waals surface area (Å²) < 4.78 is 12.6. The molecule has 0 bridgehead atoms. The van der Waals surface area contributed by atoms with Gasteiger partial charge in [0.25, 0.3) is 0 Å². The zero-order chi connectivity index (χ0) is 27.2. The van der Waals surface area contributed by atoms with Crippen LogP contribution in [0.5, 0.6) is 0 Å². The van der Waals surface area contributed by atoms with E-state index in [1.807, 2.05) is 6.92 Å². The molecule has 3 fully saturated rings. The second-order valence-corrected chi connectivity index (χ2v) is 14.0. The standard InChI is InChI=1S/C33H51NO4/c1-7-8-30(36)37-24-13-15-32(5)23(17-24)10-11-25-26(32)14-16-33(6)27(25)18-29-31(33)21(3)28(38-29)12-9-20(2)19-34-22(4)35/h10,20,24-27,29,31H,7-9,11-19H2,1-6H3,(H,34,35)/t20-,24-,25+,26-,27-,29+,31-,32-,33-/m0/s1. The van der Waals surface area contributed by atoms with Crippen molar-refractivity contribution >= 4 is 11.9 Å². The number of amides is 1. The zero-order valence-electron chi connectivity index (χ0n) is 24.7. The molecule has 4 aliphatic carbocycles. The van der Waals surface area contributed by atoms with E-state index >= 15 is 0 Å². The van der Waals surface area contributed by atoms with Gasteiger partial charge < -0.3 is 14.8 Å². The molecule has 0 saturated heterocycles. The Morgan fingerprint density at radius 1 is 1.21 bits per heavy atom. The van der Waals surface area contributed by atoms with Crippen molar-refractivity contribution in [2.75, 3.05) is 6.54 Å². The minimum atomic E-state index is -0.0219. The van der Waals surface area contributed by atoms with Gasteiger partial charge in [-0.15, -0.1) is 0 Å². The van der Waals surface area contributed by atoms with Gasteiger partial charge in [0.15, 0.2) is 0 Å². The average Bonchev–Trinajstić information content (AvgIpc) is 3.34.